The maximum absolute atomic E-state index is 12.2. The number of rotatable bonds is 6. The van der Waals surface area contributed by atoms with Crippen LogP contribution in [-0.2, 0) is 19.4 Å². The molecule has 1 rings (SSSR count). The van der Waals surface area contributed by atoms with Crippen LogP contribution in [0.3, 0.4) is 0 Å². The lowest BCUT2D eigenvalue weighted by atomic mass is 10.1. The summed E-state index contributed by atoms with van der Waals surface area (Å²) in [4.78, 5) is 24.6. The molecule has 1 unspecified atom stereocenters. The zero-order valence-electron chi connectivity index (χ0n) is 12.0. The molecule has 1 aliphatic rings. The maximum atomic E-state index is 12.2. The van der Waals surface area contributed by atoms with E-state index < -0.39 is 15.7 Å². The fraction of sp³-hybridized carbons (Fsp3) is 0.833. The summed E-state index contributed by atoms with van der Waals surface area (Å²) < 4.78 is 23.1. The van der Waals surface area contributed by atoms with Crippen LogP contribution in [0.4, 0.5) is 0 Å². The Bertz CT molecular complexity index is 461. The Kier molecular flexibility index (Phi) is 5.94. The topological polar surface area (TPSA) is 110 Å². The lowest BCUT2D eigenvalue weighted by Crippen LogP contribution is -2.49. The normalized spacial score (nSPS) is 21.6. The van der Waals surface area contributed by atoms with Gasteiger partial charge in [0, 0.05) is 25.6 Å². The quantitative estimate of drug-likeness (QED) is 0.636. The van der Waals surface area contributed by atoms with E-state index in [1.165, 1.54) is 4.90 Å². The van der Waals surface area contributed by atoms with Crippen molar-refractivity contribution in [1.29, 1.82) is 0 Å². The van der Waals surface area contributed by atoms with Gasteiger partial charge in [-0.2, -0.15) is 0 Å². The lowest BCUT2D eigenvalue weighted by molar-refractivity contribution is -0.136. The predicted molar refractivity (Wildman–Crippen MR) is 75.7 cm³/mol. The van der Waals surface area contributed by atoms with Crippen LogP contribution in [-0.4, -0.2) is 62.3 Å². The Labute approximate surface area is 119 Å². The molecule has 1 saturated heterocycles. The Morgan fingerprint density at radius 1 is 1.40 bits per heavy atom. The van der Waals surface area contributed by atoms with Gasteiger partial charge in [-0.1, -0.05) is 13.8 Å². The van der Waals surface area contributed by atoms with Crippen molar-refractivity contribution in [2.45, 2.75) is 26.3 Å². The van der Waals surface area contributed by atoms with E-state index in [2.05, 4.69) is 5.32 Å². The number of hydrogen-bond donors (Lipinski definition) is 2. The van der Waals surface area contributed by atoms with Crippen LogP contribution in [0.1, 0.15) is 20.3 Å². The summed E-state index contributed by atoms with van der Waals surface area (Å²) in [5.41, 5.74) is 5.14. The first-order valence-corrected chi connectivity index (χ1v) is 8.51. The van der Waals surface area contributed by atoms with Crippen molar-refractivity contribution in [2.24, 2.45) is 11.7 Å². The van der Waals surface area contributed by atoms with E-state index in [1.807, 2.05) is 13.8 Å². The van der Waals surface area contributed by atoms with Crippen molar-refractivity contribution < 1.29 is 18.0 Å². The van der Waals surface area contributed by atoms with E-state index in [4.69, 9.17) is 5.73 Å². The second-order valence-corrected chi connectivity index (χ2v) is 7.83. The molecule has 0 radical (unpaired) electrons. The zero-order valence-corrected chi connectivity index (χ0v) is 12.8. The minimum absolute atomic E-state index is 0.0369. The molecule has 7 nitrogen and oxygen atoms in total. The van der Waals surface area contributed by atoms with Crippen molar-refractivity contribution in [3.8, 4) is 0 Å². The van der Waals surface area contributed by atoms with Crippen molar-refractivity contribution in [1.82, 2.24) is 10.2 Å². The number of hydrogen-bond acceptors (Lipinski definition) is 5. The van der Waals surface area contributed by atoms with Crippen LogP contribution >= 0.6 is 0 Å². The summed E-state index contributed by atoms with van der Waals surface area (Å²) in [7, 11) is -3.07. The molecule has 1 atom stereocenters. The number of carbonyl (C=O) groups excluding carboxylic acids is 2. The number of nitrogens with zero attached hydrogens (tertiary/aromatic N) is 1. The van der Waals surface area contributed by atoms with Gasteiger partial charge in [0.05, 0.1) is 18.1 Å². The third kappa shape index (κ3) is 5.87. The van der Waals surface area contributed by atoms with E-state index in [0.29, 0.717) is 13.1 Å². The van der Waals surface area contributed by atoms with Crippen LogP contribution in [0.2, 0.25) is 0 Å². The van der Waals surface area contributed by atoms with E-state index >= 15 is 0 Å². The molecular weight excluding hydrogens is 282 g/mol. The largest absolute Gasteiger partial charge is 0.368 e. The third-order valence-electron chi connectivity index (χ3n) is 3.01. The van der Waals surface area contributed by atoms with E-state index in [0.717, 1.165) is 0 Å². The molecule has 1 fully saturated rings. The lowest BCUT2D eigenvalue weighted by Gasteiger charge is -2.28. The monoisotopic (exact) mass is 305 g/mol. The molecule has 0 saturated carbocycles. The number of sulfone groups is 1. The molecule has 0 aromatic rings. The van der Waals surface area contributed by atoms with Crippen molar-refractivity contribution in [3.63, 3.8) is 0 Å². The van der Waals surface area contributed by atoms with Crippen molar-refractivity contribution >= 4 is 21.7 Å². The second kappa shape index (κ2) is 7.03. The minimum atomic E-state index is -3.07. The predicted octanol–water partition coefficient (Wildman–Crippen LogP) is -1.27. The van der Waals surface area contributed by atoms with Crippen LogP contribution in [0.25, 0.3) is 0 Å². The fourth-order valence-corrected chi connectivity index (χ4v) is 3.67. The van der Waals surface area contributed by atoms with Gasteiger partial charge in [-0.3, -0.25) is 9.59 Å². The van der Waals surface area contributed by atoms with Gasteiger partial charge in [-0.05, 0) is 5.92 Å². The summed E-state index contributed by atoms with van der Waals surface area (Å²) >= 11 is 0. The van der Waals surface area contributed by atoms with Gasteiger partial charge in [0.2, 0.25) is 11.8 Å². The van der Waals surface area contributed by atoms with Gasteiger partial charge in [-0.15, -0.1) is 0 Å². The van der Waals surface area contributed by atoms with Gasteiger partial charge in [0.1, 0.15) is 0 Å². The summed E-state index contributed by atoms with van der Waals surface area (Å²) in [5.74, 6) is -0.531. The first-order chi connectivity index (χ1) is 9.19. The first-order valence-electron chi connectivity index (χ1n) is 6.69. The van der Waals surface area contributed by atoms with Crippen LogP contribution < -0.4 is 11.1 Å². The minimum Gasteiger partial charge on any atom is -0.368 e. The average molecular weight is 305 g/mol. The smallest absolute Gasteiger partial charge is 0.237 e. The summed E-state index contributed by atoms with van der Waals surface area (Å²) in [6, 6.07) is -0.385. The summed E-state index contributed by atoms with van der Waals surface area (Å²) in [6.07, 6.45) is 0.0687. The number of carbonyl (C=O) groups is 2. The fourth-order valence-electron chi connectivity index (χ4n) is 2.22. The van der Waals surface area contributed by atoms with Crippen molar-refractivity contribution in [3.05, 3.63) is 0 Å². The van der Waals surface area contributed by atoms with Gasteiger partial charge in [0.15, 0.2) is 9.84 Å². The highest BCUT2D eigenvalue weighted by Gasteiger charge is 2.28. The van der Waals surface area contributed by atoms with Crippen LogP contribution in [0.15, 0.2) is 0 Å². The second-order valence-electron chi connectivity index (χ2n) is 5.60. The molecule has 0 spiro atoms. The molecule has 0 aromatic carbocycles. The molecule has 20 heavy (non-hydrogen) atoms. The molecule has 0 aliphatic carbocycles. The molecule has 0 bridgehead atoms. The SMILES string of the molecule is CC(C)CN(CC(N)=O)C(=O)CC1CS(=O)(=O)CCN1. The average Bonchev–Trinajstić information content (AvgIpc) is 2.25. The molecule has 1 aliphatic heterocycles. The number of nitrogens with two attached hydrogens (primary N) is 1. The summed E-state index contributed by atoms with van der Waals surface area (Å²) in [6.45, 7) is 4.53. The molecule has 8 heteroatoms. The number of primary amides is 1. The summed E-state index contributed by atoms with van der Waals surface area (Å²) in [5, 5.41) is 3.02. The van der Waals surface area contributed by atoms with E-state index in [9.17, 15) is 18.0 Å². The van der Waals surface area contributed by atoms with Gasteiger partial charge in [0.25, 0.3) is 0 Å². The Balaban J connectivity index is 2.63. The Morgan fingerprint density at radius 2 is 2.05 bits per heavy atom. The highest BCUT2D eigenvalue weighted by atomic mass is 32.2. The highest BCUT2D eigenvalue weighted by Crippen LogP contribution is 2.08. The standard InChI is InChI=1S/C12H23N3O4S/c1-9(2)6-15(7-11(13)16)12(17)5-10-8-20(18,19)4-3-14-10/h9-10,14H,3-8H2,1-2H3,(H2,13,16). The number of amides is 2. The Hall–Kier alpha value is -1.15. The van der Waals surface area contributed by atoms with Gasteiger partial charge < -0.3 is 16.0 Å². The number of nitrogens with one attached hydrogen (secondary N) is 1. The van der Waals surface area contributed by atoms with Gasteiger partial charge >= 0.3 is 0 Å². The van der Waals surface area contributed by atoms with Crippen molar-refractivity contribution in [2.75, 3.05) is 31.1 Å². The first kappa shape index (κ1) is 16.9. The Morgan fingerprint density at radius 3 is 2.55 bits per heavy atom. The van der Waals surface area contributed by atoms with E-state index in [1.54, 1.807) is 0 Å². The molecule has 0 aromatic heterocycles. The van der Waals surface area contributed by atoms with Gasteiger partial charge in [-0.25, -0.2) is 8.42 Å². The molecular formula is C12H23N3O4S. The molecule has 3 N–H and O–H groups in total. The molecule has 1 heterocycles. The highest BCUT2D eigenvalue weighted by molar-refractivity contribution is 7.91. The molecule has 2 amide bonds. The zero-order chi connectivity index (χ0) is 15.3. The van der Waals surface area contributed by atoms with E-state index in [-0.39, 0.29) is 42.3 Å². The molecule has 116 valence electrons. The maximum Gasteiger partial charge on any atom is 0.237 e. The third-order valence-corrected chi connectivity index (χ3v) is 4.74. The van der Waals surface area contributed by atoms with Crippen LogP contribution in [0.5, 0.6) is 0 Å². The van der Waals surface area contributed by atoms with Crippen LogP contribution in [0, 0.1) is 5.92 Å².